The number of hydrogen-bond acceptors (Lipinski definition) is 8. The molecule has 12 heteroatoms. The molecule has 0 aliphatic rings. The van der Waals surface area contributed by atoms with E-state index in [-0.39, 0.29) is 12.2 Å². The summed E-state index contributed by atoms with van der Waals surface area (Å²) in [5, 5.41) is 8.16. The molecule has 0 bridgehead atoms. The number of benzene rings is 1. The number of ether oxygens (including phenoxy) is 1. The van der Waals surface area contributed by atoms with E-state index in [4.69, 9.17) is 25.9 Å². The van der Waals surface area contributed by atoms with Gasteiger partial charge >= 0.3 is 5.63 Å². The molecular formula is C19H15ClN4O5S2. The molecule has 0 aliphatic carbocycles. The van der Waals surface area contributed by atoms with Gasteiger partial charge in [-0.05, 0) is 36.2 Å². The van der Waals surface area contributed by atoms with Crippen molar-refractivity contribution in [1.82, 2.24) is 9.97 Å². The first kappa shape index (κ1) is 21.2. The van der Waals surface area contributed by atoms with Gasteiger partial charge < -0.3 is 9.15 Å². The normalized spacial score (nSPS) is 11.6. The topological polar surface area (TPSA) is 137 Å². The number of pyridine rings is 1. The van der Waals surface area contributed by atoms with Crippen molar-refractivity contribution >= 4 is 49.9 Å². The zero-order valence-corrected chi connectivity index (χ0v) is 18.3. The summed E-state index contributed by atoms with van der Waals surface area (Å²) >= 11 is 7.68. The van der Waals surface area contributed by atoms with Crippen LogP contribution >= 0.6 is 22.9 Å². The van der Waals surface area contributed by atoms with Crippen LogP contribution in [0.3, 0.4) is 0 Å². The Hall–Kier alpha value is -2.99. The van der Waals surface area contributed by atoms with Crippen LogP contribution in [0.25, 0.3) is 11.0 Å². The number of nitrogens with zero attached hydrogens (tertiary/aromatic N) is 2. The van der Waals surface area contributed by atoms with Gasteiger partial charge in [-0.25, -0.2) is 19.9 Å². The fraction of sp³-hybridized carbons (Fsp3) is 0.105. The maximum absolute atomic E-state index is 12.7. The molecule has 0 spiro atoms. The lowest BCUT2D eigenvalue weighted by molar-refractivity contribution is 0.476. The molecule has 3 heterocycles. The lowest BCUT2D eigenvalue weighted by Gasteiger charge is -2.11. The Morgan fingerprint density at radius 2 is 2.06 bits per heavy atom. The van der Waals surface area contributed by atoms with Crippen LogP contribution in [0.4, 0.5) is 5.82 Å². The molecule has 0 atom stereocenters. The second-order valence-electron chi connectivity index (χ2n) is 6.55. The van der Waals surface area contributed by atoms with Crippen LogP contribution < -0.4 is 20.2 Å². The molecule has 3 aromatic heterocycles. The number of hydrogen-bond donors (Lipinski definition) is 2. The highest BCUT2D eigenvalue weighted by atomic mass is 35.5. The van der Waals surface area contributed by atoms with Crippen molar-refractivity contribution < 1.29 is 17.6 Å². The summed E-state index contributed by atoms with van der Waals surface area (Å²) in [6.45, 7) is 1.79. The number of anilines is 1. The maximum atomic E-state index is 12.7. The van der Waals surface area contributed by atoms with E-state index >= 15 is 0 Å². The Balaban J connectivity index is 1.71. The minimum atomic E-state index is -3.96. The van der Waals surface area contributed by atoms with Gasteiger partial charge in [0, 0.05) is 41.2 Å². The van der Waals surface area contributed by atoms with Crippen molar-refractivity contribution in [3.8, 4) is 10.9 Å². The van der Waals surface area contributed by atoms with Gasteiger partial charge in [-0.1, -0.05) is 22.9 Å². The van der Waals surface area contributed by atoms with E-state index in [0.717, 1.165) is 0 Å². The number of rotatable bonds is 6. The minimum absolute atomic E-state index is 0.0508. The second kappa shape index (κ2) is 8.27. The molecule has 1 aromatic carbocycles. The van der Waals surface area contributed by atoms with Crippen LogP contribution in [0.2, 0.25) is 5.02 Å². The third kappa shape index (κ3) is 4.85. The van der Waals surface area contributed by atoms with Crippen LogP contribution in [-0.4, -0.2) is 18.4 Å². The Labute approximate surface area is 185 Å². The van der Waals surface area contributed by atoms with E-state index in [1.807, 2.05) is 0 Å². The van der Waals surface area contributed by atoms with Gasteiger partial charge in [-0.3, -0.25) is 4.72 Å². The summed E-state index contributed by atoms with van der Waals surface area (Å²) < 4.78 is 35.7. The van der Waals surface area contributed by atoms with Crippen molar-refractivity contribution in [3.05, 3.63) is 74.2 Å². The largest absolute Gasteiger partial charge is 0.429 e. The highest BCUT2D eigenvalue weighted by molar-refractivity contribution is 7.90. The predicted molar refractivity (Wildman–Crippen MR) is 118 cm³/mol. The summed E-state index contributed by atoms with van der Waals surface area (Å²) in [7, 11) is -3.96. The van der Waals surface area contributed by atoms with Crippen LogP contribution in [0.15, 0.2) is 51.3 Å². The summed E-state index contributed by atoms with van der Waals surface area (Å²) in [5.41, 5.74) is 1.54. The average Bonchev–Trinajstić information content (AvgIpc) is 3.19. The van der Waals surface area contributed by atoms with Gasteiger partial charge in [-0.2, -0.15) is 8.42 Å². The van der Waals surface area contributed by atoms with E-state index in [2.05, 4.69) is 14.7 Å². The minimum Gasteiger partial charge on any atom is -0.429 e. The lowest BCUT2D eigenvalue weighted by atomic mass is 10.00. The van der Waals surface area contributed by atoms with Crippen LogP contribution in [0.1, 0.15) is 16.7 Å². The molecule has 3 N–H and O–H groups in total. The Bertz CT molecular complexity index is 1440. The van der Waals surface area contributed by atoms with Gasteiger partial charge in [0.05, 0.1) is 5.02 Å². The number of thiazole rings is 1. The van der Waals surface area contributed by atoms with Crippen LogP contribution in [0, 0.1) is 6.92 Å². The third-order valence-corrected chi connectivity index (χ3v) is 5.84. The smallest absolute Gasteiger partial charge is 0.340 e. The molecule has 0 fully saturated rings. The number of aryl methyl sites for hydroxylation is 1. The zero-order chi connectivity index (χ0) is 22.2. The third-order valence-electron chi connectivity index (χ3n) is 4.40. The monoisotopic (exact) mass is 478 g/mol. The quantitative estimate of drug-likeness (QED) is 0.404. The van der Waals surface area contributed by atoms with Crippen molar-refractivity contribution in [2.45, 2.75) is 13.3 Å². The standard InChI is InChI=1S/C19H15ClN4O5S2/c1-10-12-8-14(20)16(29-19-23-4-5-30-19)9-15(12)28-18(25)13(10)6-11-2-3-22-17(7-11)24-31(21,26)27/h2-5,7-9H,6H2,1H3,(H,22,24)(H2,21,26,27). The first-order valence-electron chi connectivity index (χ1n) is 8.78. The van der Waals surface area contributed by atoms with Gasteiger partial charge in [0.15, 0.2) is 5.75 Å². The molecule has 9 nitrogen and oxygen atoms in total. The molecule has 31 heavy (non-hydrogen) atoms. The number of nitrogens with two attached hydrogens (primary N) is 1. The Kier molecular flexibility index (Phi) is 5.67. The number of aromatic nitrogens is 2. The maximum Gasteiger partial charge on any atom is 0.340 e. The van der Waals surface area contributed by atoms with E-state index in [1.165, 1.54) is 23.6 Å². The van der Waals surface area contributed by atoms with Gasteiger partial charge in [-0.15, -0.1) is 0 Å². The fourth-order valence-electron chi connectivity index (χ4n) is 3.02. The van der Waals surface area contributed by atoms with Crippen molar-refractivity contribution in [3.63, 3.8) is 0 Å². The van der Waals surface area contributed by atoms with Gasteiger partial charge in [0.25, 0.3) is 15.4 Å². The highest BCUT2D eigenvalue weighted by Crippen LogP contribution is 2.35. The summed E-state index contributed by atoms with van der Waals surface area (Å²) in [6, 6.07) is 6.38. The molecule has 0 aliphatic heterocycles. The molecule has 0 amide bonds. The first-order valence-corrected chi connectivity index (χ1v) is 11.6. The Morgan fingerprint density at radius 3 is 2.77 bits per heavy atom. The van der Waals surface area contributed by atoms with E-state index in [1.54, 1.807) is 36.7 Å². The van der Waals surface area contributed by atoms with Crippen molar-refractivity contribution in [1.29, 1.82) is 0 Å². The second-order valence-corrected chi connectivity index (χ2v) is 9.10. The molecule has 4 aromatic rings. The summed E-state index contributed by atoms with van der Waals surface area (Å²) in [4.78, 5) is 20.6. The molecule has 160 valence electrons. The summed E-state index contributed by atoms with van der Waals surface area (Å²) in [5.74, 6) is 0.377. The van der Waals surface area contributed by atoms with E-state index in [9.17, 15) is 13.2 Å². The SMILES string of the molecule is Cc1c(Cc2ccnc(NS(N)(=O)=O)c2)c(=O)oc2cc(Oc3nccs3)c(Cl)cc12. The highest BCUT2D eigenvalue weighted by Gasteiger charge is 2.16. The molecular weight excluding hydrogens is 464 g/mol. The fourth-order valence-corrected chi connectivity index (χ4v) is 4.12. The Morgan fingerprint density at radius 1 is 1.26 bits per heavy atom. The first-order chi connectivity index (χ1) is 14.7. The molecule has 0 saturated heterocycles. The molecule has 0 radical (unpaired) electrons. The number of halogens is 1. The molecule has 4 rings (SSSR count). The van der Waals surface area contributed by atoms with Crippen molar-refractivity contribution in [2.24, 2.45) is 5.14 Å². The average molecular weight is 479 g/mol. The van der Waals surface area contributed by atoms with Gasteiger partial charge in [0.2, 0.25) is 0 Å². The number of nitrogens with one attached hydrogen (secondary N) is 1. The van der Waals surface area contributed by atoms with Crippen LogP contribution in [-0.2, 0) is 16.6 Å². The number of fused-ring (bicyclic) bond motifs is 1. The predicted octanol–water partition coefficient (Wildman–Crippen LogP) is 3.60. The van der Waals surface area contributed by atoms with Crippen molar-refractivity contribution in [2.75, 3.05) is 4.72 Å². The van der Waals surface area contributed by atoms with E-state index < -0.39 is 15.8 Å². The molecule has 0 saturated carbocycles. The van der Waals surface area contributed by atoms with Crippen LogP contribution in [0.5, 0.6) is 10.9 Å². The molecule has 0 unspecified atom stereocenters. The van der Waals surface area contributed by atoms with E-state index in [0.29, 0.717) is 43.6 Å². The zero-order valence-electron chi connectivity index (χ0n) is 16.0. The summed E-state index contributed by atoms with van der Waals surface area (Å²) in [6.07, 6.45) is 3.22. The van der Waals surface area contributed by atoms with Gasteiger partial charge in [0.1, 0.15) is 11.4 Å². The lowest BCUT2D eigenvalue weighted by Crippen LogP contribution is -2.22.